The fourth-order valence-electron chi connectivity index (χ4n) is 4.94. The van der Waals surface area contributed by atoms with Crippen molar-refractivity contribution < 1.29 is 14.3 Å². The first kappa shape index (κ1) is 22.1. The van der Waals surface area contributed by atoms with E-state index in [9.17, 15) is 9.59 Å². The summed E-state index contributed by atoms with van der Waals surface area (Å²) in [5, 5.41) is 3.13. The number of benzene rings is 1. The van der Waals surface area contributed by atoms with Crippen LogP contribution in [0.25, 0.3) is 0 Å². The second-order valence-electron chi connectivity index (χ2n) is 9.71. The lowest BCUT2D eigenvalue weighted by Crippen LogP contribution is -2.48. The van der Waals surface area contributed by atoms with Gasteiger partial charge in [0, 0.05) is 37.8 Å². The fraction of sp³-hybridized carbons (Fsp3) is 0.680. The lowest BCUT2D eigenvalue weighted by molar-refractivity contribution is -0.0586. The third-order valence-corrected chi connectivity index (χ3v) is 6.78. The number of hydrogen-bond donors (Lipinski definition) is 1. The van der Waals surface area contributed by atoms with Crippen LogP contribution in [0.3, 0.4) is 0 Å². The zero-order valence-electron chi connectivity index (χ0n) is 19.0. The molecule has 0 radical (unpaired) electrons. The van der Waals surface area contributed by atoms with Crippen LogP contribution in [-0.4, -0.2) is 59.6 Å². The molecule has 2 saturated carbocycles. The van der Waals surface area contributed by atoms with E-state index in [0.29, 0.717) is 37.2 Å². The van der Waals surface area contributed by atoms with Gasteiger partial charge in [0.1, 0.15) is 0 Å². The maximum absolute atomic E-state index is 13.0. The second kappa shape index (κ2) is 10.0. The smallest absolute Gasteiger partial charge is 0.317 e. The van der Waals surface area contributed by atoms with Crippen LogP contribution < -0.4 is 5.32 Å². The van der Waals surface area contributed by atoms with Crippen LogP contribution >= 0.6 is 0 Å². The Kier molecular flexibility index (Phi) is 7.16. The summed E-state index contributed by atoms with van der Waals surface area (Å²) in [6.45, 7) is 6.65. The molecule has 2 unspecified atom stereocenters. The van der Waals surface area contributed by atoms with Gasteiger partial charge < -0.3 is 19.9 Å². The number of carbonyl (C=O) groups is 2. The average molecular weight is 428 g/mol. The van der Waals surface area contributed by atoms with Gasteiger partial charge in [0.2, 0.25) is 0 Å². The summed E-state index contributed by atoms with van der Waals surface area (Å²) in [4.78, 5) is 29.8. The van der Waals surface area contributed by atoms with Gasteiger partial charge in [-0.05, 0) is 63.1 Å². The van der Waals surface area contributed by atoms with Crippen molar-refractivity contribution in [2.75, 3.05) is 19.6 Å². The molecule has 0 aromatic heterocycles. The second-order valence-corrected chi connectivity index (χ2v) is 9.71. The standard InChI is InChI=1S/C25H37N3O3/c1-18-15-27(16-19(2)31-18)24(29)22-12-10-20(11-13-22)14-26-25(30)28(17-21-8-9-21)23-6-4-3-5-7-23/h10-13,18-19,21,23H,3-9,14-17H2,1-2H3,(H,26,30). The Balaban J connectivity index is 1.31. The molecule has 1 heterocycles. The first-order valence-corrected chi connectivity index (χ1v) is 12.1. The van der Waals surface area contributed by atoms with Gasteiger partial charge in [-0.2, -0.15) is 0 Å². The molecule has 0 bridgehead atoms. The molecule has 6 nitrogen and oxygen atoms in total. The quantitative estimate of drug-likeness (QED) is 0.740. The van der Waals surface area contributed by atoms with Crippen LogP contribution in [0.2, 0.25) is 0 Å². The number of urea groups is 1. The van der Waals surface area contributed by atoms with E-state index in [1.807, 2.05) is 43.0 Å². The highest BCUT2D eigenvalue weighted by Gasteiger charge is 2.32. The third kappa shape index (κ3) is 6.00. The number of nitrogens with one attached hydrogen (secondary N) is 1. The van der Waals surface area contributed by atoms with Crippen molar-refractivity contribution in [3.63, 3.8) is 0 Å². The van der Waals surface area contributed by atoms with Crippen molar-refractivity contribution in [2.24, 2.45) is 5.92 Å². The molecule has 3 amide bonds. The predicted molar refractivity (Wildman–Crippen MR) is 121 cm³/mol. The van der Waals surface area contributed by atoms with Crippen molar-refractivity contribution in [3.05, 3.63) is 35.4 Å². The van der Waals surface area contributed by atoms with Gasteiger partial charge in [0.05, 0.1) is 12.2 Å². The highest BCUT2D eigenvalue weighted by Crippen LogP contribution is 2.32. The highest BCUT2D eigenvalue weighted by molar-refractivity contribution is 5.94. The minimum atomic E-state index is 0.0468. The van der Waals surface area contributed by atoms with Crippen LogP contribution in [-0.2, 0) is 11.3 Å². The van der Waals surface area contributed by atoms with Crippen LogP contribution in [0.4, 0.5) is 4.79 Å². The lowest BCUT2D eigenvalue weighted by Gasteiger charge is -2.35. The van der Waals surface area contributed by atoms with E-state index in [-0.39, 0.29) is 24.1 Å². The summed E-state index contributed by atoms with van der Waals surface area (Å²) in [7, 11) is 0. The van der Waals surface area contributed by atoms with Gasteiger partial charge >= 0.3 is 6.03 Å². The predicted octanol–water partition coefficient (Wildman–Crippen LogP) is 4.19. The lowest BCUT2D eigenvalue weighted by atomic mass is 9.94. The van der Waals surface area contributed by atoms with Crippen molar-refractivity contribution in [1.29, 1.82) is 0 Å². The van der Waals surface area contributed by atoms with Crippen molar-refractivity contribution in [3.8, 4) is 0 Å². The molecule has 2 aliphatic carbocycles. The number of morpholine rings is 1. The van der Waals surface area contributed by atoms with Crippen LogP contribution in [0.15, 0.2) is 24.3 Å². The number of carbonyl (C=O) groups excluding carboxylic acids is 2. The molecular weight excluding hydrogens is 390 g/mol. The molecule has 6 heteroatoms. The Hall–Kier alpha value is -2.08. The van der Waals surface area contributed by atoms with E-state index in [4.69, 9.17) is 4.74 Å². The number of rotatable bonds is 6. The molecular formula is C25H37N3O3. The zero-order chi connectivity index (χ0) is 21.8. The van der Waals surface area contributed by atoms with E-state index in [1.54, 1.807) is 0 Å². The molecule has 1 aromatic rings. The SMILES string of the molecule is CC1CN(C(=O)c2ccc(CNC(=O)N(CC3CC3)C3CCCCC3)cc2)CC(C)O1. The molecule has 1 saturated heterocycles. The Morgan fingerprint density at radius 2 is 1.65 bits per heavy atom. The summed E-state index contributed by atoms with van der Waals surface area (Å²) in [6, 6.07) is 8.11. The third-order valence-electron chi connectivity index (χ3n) is 6.78. The van der Waals surface area contributed by atoms with Crippen LogP contribution in [0, 0.1) is 5.92 Å². The number of nitrogens with zero attached hydrogens (tertiary/aromatic N) is 2. The van der Waals surface area contributed by atoms with Gasteiger partial charge in [0.15, 0.2) is 0 Å². The first-order valence-electron chi connectivity index (χ1n) is 12.1. The van der Waals surface area contributed by atoms with Gasteiger partial charge in [-0.1, -0.05) is 31.4 Å². The Bertz CT molecular complexity index is 746. The topological polar surface area (TPSA) is 61.9 Å². The summed E-state index contributed by atoms with van der Waals surface area (Å²) >= 11 is 0. The van der Waals surface area contributed by atoms with E-state index >= 15 is 0 Å². The summed E-state index contributed by atoms with van der Waals surface area (Å²) in [5.41, 5.74) is 1.71. The van der Waals surface area contributed by atoms with Crippen molar-refractivity contribution >= 4 is 11.9 Å². The Labute approximate surface area is 186 Å². The fourth-order valence-corrected chi connectivity index (χ4v) is 4.94. The van der Waals surface area contributed by atoms with Crippen LogP contribution in [0.5, 0.6) is 0 Å². The van der Waals surface area contributed by atoms with Gasteiger partial charge in [-0.25, -0.2) is 4.79 Å². The Morgan fingerprint density at radius 1 is 1.00 bits per heavy atom. The normalized spacial score (nSPS) is 24.6. The molecule has 1 aliphatic heterocycles. The minimum Gasteiger partial charge on any atom is -0.372 e. The van der Waals surface area contributed by atoms with Crippen molar-refractivity contribution in [1.82, 2.24) is 15.1 Å². The maximum atomic E-state index is 13.0. The van der Waals surface area contributed by atoms with E-state index in [2.05, 4.69) is 10.2 Å². The first-order chi connectivity index (χ1) is 15.0. The van der Waals surface area contributed by atoms with Crippen molar-refractivity contribution in [2.45, 2.75) is 83.6 Å². The van der Waals surface area contributed by atoms with E-state index < -0.39 is 0 Å². The van der Waals surface area contributed by atoms with Gasteiger partial charge in [0.25, 0.3) is 5.91 Å². The van der Waals surface area contributed by atoms with Crippen LogP contribution in [0.1, 0.15) is 74.7 Å². The van der Waals surface area contributed by atoms with Gasteiger partial charge in [-0.15, -0.1) is 0 Å². The summed E-state index contributed by atoms with van der Waals surface area (Å²) in [6.07, 6.45) is 8.66. The molecule has 3 fully saturated rings. The monoisotopic (exact) mass is 427 g/mol. The molecule has 4 rings (SSSR count). The summed E-state index contributed by atoms with van der Waals surface area (Å²) in [5.74, 6) is 0.745. The maximum Gasteiger partial charge on any atom is 0.317 e. The average Bonchev–Trinajstić information content (AvgIpc) is 3.60. The molecule has 170 valence electrons. The highest BCUT2D eigenvalue weighted by atomic mass is 16.5. The largest absolute Gasteiger partial charge is 0.372 e. The number of amides is 3. The number of hydrogen-bond acceptors (Lipinski definition) is 3. The Morgan fingerprint density at radius 3 is 2.26 bits per heavy atom. The molecule has 2 atom stereocenters. The molecule has 1 N–H and O–H groups in total. The number of ether oxygens (including phenoxy) is 1. The van der Waals surface area contributed by atoms with E-state index in [0.717, 1.165) is 24.9 Å². The molecule has 1 aromatic carbocycles. The molecule has 0 spiro atoms. The molecule has 31 heavy (non-hydrogen) atoms. The van der Waals surface area contributed by atoms with Gasteiger partial charge in [-0.3, -0.25) is 4.79 Å². The molecule has 3 aliphatic rings. The van der Waals surface area contributed by atoms with E-state index in [1.165, 1.54) is 32.1 Å². The minimum absolute atomic E-state index is 0.0468. The summed E-state index contributed by atoms with van der Waals surface area (Å²) < 4.78 is 5.73. The zero-order valence-corrected chi connectivity index (χ0v) is 19.0.